The molecular formula is C11H21N. The van der Waals surface area contributed by atoms with E-state index in [1.165, 1.54) is 19.4 Å². The molecule has 70 valence electrons. The Balaban J connectivity index is 2.12. The number of hydrogen-bond donors (Lipinski definition) is 0. The maximum absolute atomic E-state index is 2.71. The number of likely N-dealkylation sites (tertiary alicyclic amines) is 1. The van der Waals surface area contributed by atoms with Crippen molar-refractivity contribution in [2.75, 3.05) is 6.54 Å². The lowest BCUT2D eigenvalue weighted by molar-refractivity contribution is 0.0695. The van der Waals surface area contributed by atoms with Gasteiger partial charge in [0.25, 0.3) is 0 Å². The van der Waals surface area contributed by atoms with Crippen LogP contribution in [0.5, 0.6) is 0 Å². The SMILES string of the molecule is CC1CC2CC1N(C(C)(C)C)C2. The largest absolute Gasteiger partial charge is 0.295 e. The number of rotatable bonds is 0. The molecule has 0 radical (unpaired) electrons. The van der Waals surface area contributed by atoms with Crippen LogP contribution in [0, 0.1) is 11.8 Å². The summed E-state index contributed by atoms with van der Waals surface area (Å²) in [6, 6.07) is 0.898. The van der Waals surface area contributed by atoms with E-state index in [9.17, 15) is 0 Å². The molecule has 1 heterocycles. The van der Waals surface area contributed by atoms with Crippen LogP contribution in [0.3, 0.4) is 0 Å². The van der Waals surface area contributed by atoms with Gasteiger partial charge >= 0.3 is 0 Å². The lowest BCUT2D eigenvalue weighted by atomic mass is 9.95. The molecule has 0 aromatic heterocycles. The van der Waals surface area contributed by atoms with E-state index in [-0.39, 0.29) is 0 Å². The zero-order valence-corrected chi connectivity index (χ0v) is 8.80. The second-order valence-corrected chi connectivity index (χ2v) is 5.71. The standard InChI is InChI=1S/C11H21N/c1-8-5-9-6-10(8)12(7-9)11(2,3)4/h8-10H,5-7H2,1-4H3. The van der Waals surface area contributed by atoms with Crippen molar-refractivity contribution in [1.82, 2.24) is 4.90 Å². The second-order valence-electron chi connectivity index (χ2n) is 5.71. The molecule has 2 aliphatic rings. The summed E-state index contributed by atoms with van der Waals surface area (Å²) in [4.78, 5) is 2.71. The summed E-state index contributed by atoms with van der Waals surface area (Å²) in [5.41, 5.74) is 0.397. The van der Waals surface area contributed by atoms with Gasteiger partial charge in [-0.05, 0) is 45.4 Å². The molecule has 1 saturated carbocycles. The van der Waals surface area contributed by atoms with Crippen molar-refractivity contribution in [2.45, 2.75) is 52.1 Å². The smallest absolute Gasteiger partial charge is 0.0129 e. The van der Waals surface area contributed by atoms with E-state index < -0.39 is 0 Å². The summed E-state index contributed by atoms with van der Waals surface area (Å²) in [5.74, 6) is 1.96. The van der Waals surface area contributed by atoms with E-state index in [1.54, 1.807) is 0 Å². The maximum Gasteiger partial charge on any atom is 0.0129 e. The van der Waals surface area contributed by atoms with Gasteiger partial charge < -0.3 is 0 Å². The molecule has 0 aromatic carbocycles. The third kappa shape index (κ3) is 1.19. The number of fused-ring (bicyclic) bond motifs is 2. The van der Waals surface area contributed by atoms with Crippen LogP contribution in [0.25, 0.3) is 0 Å². The lowest BCUT2D eigenvalue weighted by Gasteiger charge is -2.41. The Hall–Kier alpha value is -0.0400. The summed E-state index contributed by atoms with van der Waals surface area (Å²) in [6.07, 6.45) is 2.95. The molecule has 1 aliphatic carbocycles. The Labute approximate surface area is 76.1 Å². The summed E-state index contributed by atoms with van der Waals surface area (Å²) < 4.78 is 0. The zero-order valence-electron chi connectivity index (χ0n) is 8.80. The van der Waals surface area contributed by atoms with Crippen LogP contribution >= 0.6 is 0 Å². The fraction of sp³-hybridized carbons (Fsp3) is 1.00. The van der Waals surface area contributed by atoms with Gasteiger partial charge in [-0.3, -0.25) is 4.90 Å². The highest BCUT2D eigenvalue weighted by molar-refractivity contribution is 5.00. The monoisotopic (exact) mass is 167 g/mol. The van der Waals surface area contributed by atoms with E-state index in [2.05, 4.69) is 32.6 Å². The van der Waals surface area contributed by atoms with Gasteiger partial charge in [-0.2, -0.15) is 0 Å². The van der Waals surface area contributed by atoms with Gasteiger partial charge in [0.2, 0.25) is 0 Å². The normalized spacial score (nSPS) is 42.5. The van der Waals surface area contributed by atoms with Crippen LogP contribution in [0.4, 0.5) is 0 Å². The molecule has 3 unspecified atom stereocenters. The molecule has 12 heavy (non-hydrogen) atoms. The highest BCUT2D eigenvalue weighted by Crippen LogP contribution is 2.44. The minimum atomic E-state index is 0.397. The van der Waals surface area contributed by atoms with E-state index in [1.807, 2.05) is 0 Å². The number of piperidine rings is 1. The van der Waals surface area contributed by atoms with Gasteiger partial charge in [0.15, 0.2) is 0 Å². The van der Waals surface area contributed by atoms with Crippen molar-refractivity contribution in [3.05, 3.63) is 0 Å². The van der Waals surface area contributed by atoms with Crippen molar-refractivity contribution in [3.63, 3.8) is 0 Å². The van der Waals surface area contributed by atoms with Gasteiger partial charge in [-0.1, -0.05) is 6.92 Å². The molecule has 1 heteroatoms. The second kappa shape index (κ2) is 2.47. The predicted molar refractivity (Wildman–Crippen MR) is 52.1 cm³/mol. The Morgan fingerprint density at radius 1 is 1.17 bits per heavy atom. The third-order valence-electron chi connectivity index (χ3n) is 3.65. The summed E-state index contributed by atoms with van der Waals surface area (Å²) in [7, 11) is 0. The van der Waals surface area contributed by atoms with E-state index >= 15 is 0 Å². The summed E-state index contributed by atoms with van der Waals surface area (Å²) in [5, 5.41) is 0. The Morgan fingerprint density at radius 3 is 2.17 bits per heavy atom. The van der Waals surface area contributed by atoms with Gasteiger partial charge in [-0.25, -0.2) is 0 Å². The first kappa shape index (κ1) is 8.55. The first-order valence-corrected chi connectivity index (χ1v) is 5.25. The minimum absolute atomic E-state index is 0.397. The van der Waals surface area contributed by atoms with E-state index in [0.717, 1.165) is 17.9 Å². The highest BCUT2D eigenvalue weighted by atomic mass is 15.2. The summed E-state index contributed by atoms with van der Waals surface area (Å²) in [6.45, 7) is 10.8. The Kier molecular flexibility index (Phi) is 1.76. The molecule has 0 aromatic rings. The van der Waals surface area contributed by atoms with E-state index in [4.69, 9.17) is 0 Å². The molecule has 0 amide bonds. The molecule has 2 fully saturated rings. The molecule has 0 spiro atoms. The molecule has 3 atom stereocenters. The quantitative estimate of drug-likeness (QED) is 0.536. The maximum atomic E-state index is 2.71. The van der Waals surface area contributed by atoms with Crippen LogP contribution < -0.4 is 0 Å². The Morgan fingerprint density at radius 2 is 1.83 bits per heavy atom. The molecular weight excluding hydrogens is 146 g/mol. The van der Waals surface area contributed by atoms with Gasteiger partial charge in [0, 0.05) is 18.1 Å². The van der Waals surface area contributed by atoms with Crippen LogP contribution in [-0.4, -0.2) is 23.0 Å². The topological polar surface area (TPSA) is 3.24 Å². The average molecular weight is 167 g/mol. The predicted octanol–water partition coefficient (Wildman–Crippen LogP) is 2.52. The van der Waals surface area contributed by atoms with Crippen LogP contribution in [-0.2, 0) is 0 Å². The minimum Gasteiger partial charge on any atom is -0.295 e. The molecule has 1 nitrogen and oxygen atoms in total. The molecule has 1 aliphatic heterocycles. The van der Waals surface area contributed by atoms with Crippen LogP contribution in [0.1, 0.15) is 40.5 Å². The molecule has 2 rings (SSSR count). The molecule has 0 N–H and O–H groups in total. The van der Waals surface area contributed by atoms with Gasteiger partial charge in [0.05, 0.1) is 0 Å². The molecule has 2 bridgehead atoms. The number of hydrogen-bond acceptors (Lipinski definition) is 1. The average Bonchev–Trinajstić information content (AvgIpc) is 2.41. The van der Waals surface area contributed by atoms with E-state index in [0.29, 0.717) is 5.54 Å². The van der Waals surface area contributed by atoms with Crippen LogP contribution in [0.2, 0.25) is 0 Å². The van der Waals surface area contributed by atoms with Crippen molar-refractivity contribution < 1.29 is 0 Å². The zero-order chi connectivity index (χ0) is 8.93. The van der Waals surface area contributed by atoms with Gasteiger partial charge in [0.1, 0.15) is 0 Å². The lowest BCUT2D eigenvalue weighted by Crippen LogP contribution is -2.48. The van der Waals surface area contributed by atoms with Crippen molar-refractivity contribution in [2.24, 2.45) is 11.8 Å². The highest BCUT2D eigenvalue weighted by Gasteiger charge is 2.46. The third-order valence-corrected chi connectivity index (χ3v) is 3.65. The van der Waals surface area contributed by atoms with Crippen molar-refractivity contribution in [1.29, 1.82) is 0 Å². The van der Waals surface area contributed by atoms with Crippen molar-refractivity contribution in [3.8, 4) is 0 Å². The first-order valence-electron chi connectivity index (χ1n) is 5.25. The summed E-state index contributed by atoms with van der Waals surface area (Å²) >= 11 is 0. The van der Waals surface area contributed by atoms with Gasteiger partial charge in [-0.15, -0.1) is 0 Å². The van der Waals surface area contributed by atoms with Crippen LogP contribution in [0.15, 0.2) is 0 Å². The van der Waals surface area contributed by atoms with Crippen molar-refractivity contribution >= 4 is 0 Å². The Bertz CT molecular complexity index is 180. The number of nitrogens with zero attached hydrogens (tertiary/aromatic N) is 1. The first-order chi connectivity index (χ1) is 5.48. The fourth-order valence-electron chi connectivity index (χ4n) is 3.12. The molecule has 1 saturated heterocycles. The fourth-order valence-corrected chi connectivity index (χ4v) is 3.12.